The number of hydrogen-bond donors (Lipinski definition) is 2. The number of benzene rings is 1. The largest absolute Gasteiger partial charge is 0.281 e. The van der Waals surface area contributed by atoms with Crippen LogP contribution in [-0.2, 0) is 19.9 Å². The van der Waals surface area contributed by atoms with Gasteiger partial charge in [-0.25, -0.2) is 16.8 Å². The highest BCUT2D eigenvalue weighted by Crippen LogP contribution is 2.21. The Hall–Kier alpha value is -1.87. The molecule has 1 aromatic carbocycles. The van der Waals surface area contributed by atoms with E-state index in [1.54, 1.807) is 13.8 Å². The molecule has 7 nitrogen and oxygen atoms in total. The van der Waals surface area contributed by atoms with E-state index in [2.05, 4.69) is 14.9 Å². The molecule has 1 heterocycles. The SMILES string of the molecule is Cc1n[nH]c(C)c1S(=O)(=O)Nc1ccc(S(C)(=O)=O)cc1. The zero-order valence-corrected chi connectivity index (χ0v) is 13.3. The van der Waals surface area contributed by atoms with Gasteiger partial charge in [0.05, 0.1) is 16.3 Å². The molecular weight excluding hydrogens is 314 g/mol. The molecule has 0 amide bonds. The number of nitrogens with zero attached hydrogens (tertiary/aromatic N) is 1. The lowest BCUT2D eigenvalue weighted by molar-refractivity contribution is 0.599. The molecular formula is C12H15N3O4S2. The van der Waals surface area contributed by atoms with Gasteiger partial charge < -0.3 is 0 Å². The number of nitrogens with one attached hydrogen (secondary N) is 2. The minimum Gasteiger partial charge on any atom is -0.281 e. The van der Waals surface area contributed by atoms with Crippen LogP contribution in [-0.4, -0.2) is 33.3 Å². The molecule has 2 rings (SSSR count). The lowest BCUT2D eigenvalue weighted by atomic mass is 10.3. The summed E-state index contributed by atoms with van der Waals surface area (Å²) in [5, 5.41) is 6.46. The maximum atomic E-state index is 12.3. The zero-order chi connectivity index (χ0) is 15.8. The van der Waals surface area contributed by atoms with Crippen molar-refractivity contribution in [1.29, 1.82) is 0 Å². The highest BCUT2D eigenvalue weighted by molar-refractivity contribution is 7.92. The van der Waals surface area contributed by atoms with Crippen LogP contribution in [0.3, 0.4) is 0 Å². The van der Waals surface area contributed by atoms with E-state index < -0.39 is 19.9 Å². The van der Waals surface area contributed by atoms with Crippen LogP contribution >= 0.6 is 0 Å². The topological polar surface area (TPSA) is 109 Å². The van der Waals surface area contributed by atoms with E-state index in [0.29, 0.717) is 11.4 Å². The Morgan fingerprint density at radius 2 is 1.62 bits per heavy atom. The van der Waals surface area contributed by atoms with E-state index in [9.17, 15) is 16.8 Å². The second-order valence-corrected chi connectivity index (χ2v) is 8.30. The van der Waals surface area contributed by atoms with Gasteiger partial charge in [0.15, 0.2) is 9.84 Å². The van der Waals surface area contributed by atoms with Crippen molar-refractivity contribution in [2.75, 3.05) is 11.0 Å². The highest BCUT2D eigenvalue weighted by atomic mass is 32.2. The van der Waals surface area contributed by atoms with Crippen LogP contribution in [0.2, 0.25) is 0 Å². The van der Waals surface area contributed by atoms with Gasteiger partial charge in [-0.1, -0.05) is 0 Å². The lowest BCUT2D eigenvalue weighted by Gasteiger charge is -2.08. The van der Waals surface area contributed by atoms with Gasteiger partial charge in [0.25, 0.3) is 10.0 Å². The van der Waals surface area contributed by atoms with Gasteiger partial charge in [-0.15, -0.1) is 0 Å². The monoisotopic (exact) mass is 329 g/mol. The number of H-pyrrole nitrogens is 1. The number of hydrogen-bond acceptors (Lipinski definition) is 5. The first-order valence-corrected chi connectivity index (χ1v) is 9.33. The summed E-state index contributed by atoms with van der Waals surface area (Å²) in [4.78, 5) is 0.218. The maximum Gasteiger partial charge on any atom is 0.265 e. The molecule has 9 heteroatoms. The van der Waals surface area contributed by atoms with E-state index in [4.69, 9.17) is 0 Å². The fraction of sp³-hybridized carbons (Fsp3) is 0.250. The normalized spacial score (nSPS) is 12.3. The molecule has 0 bridgehead atoms. The molecule has 114 valence electrons. The number of aryl methyl sites for hydroxylation is 2. The first-order valence-electron chi connectivity index (χ1n) is 5.96. The molecule has 0 spiro atoms. The van der Waals surface area contributed by atoms with Crippen LogP contribution < -0.4 is 4.72 Å². The van der Waals surface area contributed by atoms with Crippen molar-refractivity contribution in [3.05, 3.63) is 35.7 Å². The second-order valence-electron chi connectivity index (χ2n) is 4.67. The Morgan fingerprint density at radius 1 is 1.05 bits per heavy atom. The number of rotatable bonds is 4. The molecule has 2 N–H and O–H groups in total. The molecule has 0 fully saturated rings. The Balaban J connectivity index is 2.34. The van der Waals surface area contributed by atoms with Gasteiger partial charge in [0.1, 0.15) is 4.90 Å². The van der Waals surface area contributed by atoms with Crippen LogP contribution in [0, 0.1) is 13.8 Å². The van der Waals surface area contributed by atoms with Crippen LogP contribution in [0.25, 0.3) is 0 Å². The van der Waals surface area contributed by atoms with Crippen molar-refractivity contribution < 1.29 is 16.8 Å². The average Bonchev–Trinajstić information content (AvgIpc) is 2.68. The van der Waals surface area contributed by atoms with E-state index in [1.165, 1.54) is 24.3 Å². The van der Waals surface area contributed by atoms with Crippen LogP contribution in [0.5, 0.6) is 0 Å². The van der Waals surface area contributed by atoms with Gasteiger partial charge in [-0.05, 0) is 38.1 Å². The summed E-state index contributed by atoms with van der Waals surface area (Å²) in [7, 11) is -7.09. The molecule has 0 saturated carbocycles. The first kappa shape index (κ1) is 15.5. The minimum absolute atomic E-state index is 0.0923. The van der Waals surface area contributed by atoms with Crippen molar-refractivity contribution in [3.8, 4) is 0 Å². The van der Waals surface area contributed by atoms with Gasteiger partial charge in [0, 0.05) is 11.9 Å². The summed E-state index contributed by atoms with van der Waals surface area (Å²) < 4.78 is 49.7. The van der Waals surface area contributed by atoms with Gasteiger partial charge in [0.2, 0.25) is 0 Å². The smallest absolute Gasteiger partial charge is 0.265 e. The van der Waals surface area contributed by atoms with Crippen molar-refractivity contribution in [2.45, 2.75) is 23.6 Å². The molecule has 0 atom stereocenters. The fourth-order valence-corrected chi connectivity index (χ4v) is 3.98. The molecule has 2 aromatic rings. The lowest BCUT2D eigenvalue weighted by Crippen LogP contribution is -2.14. The minimum atomic E-state index is -3.77. The summed E-state index contributed by atoms with van der Waals surface area (Å²) >= 11 is 0. The van der Waals surface area contributed by atoms with Crippen LogP contribution in [0.15, 0.2) is 34.1 Å². The van der Waals surface area contributed by atoms with Crippen LogP contribution in [0.4, 0.5) is 5.69 Å². The van der Waals surface area contributed by atoms with Crippen molar-refractivity contribution in [2.24, 2.45) is 0 Å². The first-order chi connectivity index (χ1) is 9.61. The number of aromatic nitrogens is 2. The third-order valence-electron chi connectivity index (χ3n) is 2.86. The third kappa shape index (κ3) is 3.24. The molecule has 21 heavy (non-hydrogen) atoms. The van der Waals surface area contributed by atoms with E-state index in [-0.39, 0.29) is 15.5 Å². The molecule has 0 unspecified atom stereocenters. The summed E-state index contributed by atoms with van der Waals surface area (Å²) in [5.41, 5.74) is 1.09. The summed E-state index contributed by atoms with van der Waals surface area (Å²) in [6.45, 7) is 3.20. The predicted octanol–water partition coefficient (Wildman–Crippen LogP) is 1.23. The molecule has 0 saturated heterocycles. The van der Waals surface area contributed by atoms with E-state index in [1.807, 2.05) is 0 Å². The van der Waals surface area contributed by atoms with Gasteiger partial charge >= 0.3 is 0 Å². The molecule has 0 radical (unpaired) electrons. The average molecular weight is 329 g/mol. The Bertz CT molecular complexity index is 846. The maximum absolute atomic E-state index is 12.3. The summed E-state index contributed by atoms with van der Waals surface area (Å²) in [6, 6.07) is 5.50. The van der Waals surface area contributed by atoms with Crippen molar-refractivity contribution in [1.82, 2.24) is 10.2 Å². The molecule has 0 aliphatic rings. The predicted molar refractivity (Wildman–Crippen MR) is 78.4 cm³/mol. The summed E-state index contributed by atoms with van der Waals surface area (Å²) in [5.74, 6) is 0. The van der Waals surface area contributed by atoms with E-state index >= 15 is 0 Å². The Morgan fingerprint density at radius 3 is 2.05 bits per heavy atom. The van der Waals surface area contributed by atoms with Crippen molar-refractivity contribution in [3.63, 3.8) is 0 Å². The zero-order valence-electron chi connectivity index (χ0n) is 11.7. The van der Waals surface area contributed by atoms with E-state index in [0.717, 1.165) is 6.26 Å². The summed E-state index contributed by atoms with van der Waals surface area (Å²) in [6.07, 6.45) is 1.09. The number of anilines is 1. The molecule has 0 aliphatic heterocycles. The third-order valence-corrected chi connectivity index (χ3v) is 5.64. The van der Waals surface area contributed by atoms with Gasteiger partial charge in [-0.3, -0.25) is 9.82 Å². The van der Waals surface area contributed by atoms with Gasteiger partial charge in [-0.2, -0.15) is 5.10 Å². The quantitative estimate of drug-likeness (QED) is 0.877. The standard InChI is InChI=1S/C12H15N3O4S2/c1-8-12(9(2)14-13-8)21(18,19)15-10-4-6-11(7-5-10)20(3,16)17/h4-7,15H,1-3H3,(H,13,14). The number of aromatic amines is 1. The highest BCUT2D eigenvalue weighted by Gasteiger charge is 2.22. The Kier molecular flexibility index (Phi) is 3.81. The number of sulfone groups is 1. The second kappa shape index (κ2) is 5.15. The van der Waals surface area contributed by atoms with Crippen molar-refractivity contribution >= 4 is 25.5 Å². The van der Waals surface area contributed by atoms with Crippen LogP contribution in [0.1, 0.15) is 11.4 Å². The molecule has 1 aromatic heterocycles. The number of sulfonamides is 1. The molecule has 0 aliphatic carbocycles. The Labute approximate surface area is 123 Å². The fourth-order valence-electron chi connectivity index (χ4n) is 1.91.